The van der Waals surface area contributed by atoms with Gasteiger partial charge in [0.05, 0.1) is 33.7 Å². The normalized spacial score (nSPS) is 12.7. The molecule has 0 aliphatic carbocycles. The van der Waals surface area contributed by atoms with Crippen LogP contribution in [0, 0.1) is 0 Å². The Morgan fingerprint density at radius 2 is 1.52 bits per heavy atom. The Morgan fingerprint density at radius 1 is 0.889 bits per heavy atom. The summed E-state index contributed by atoms with van der Waals surface area (Å²) in [6.07, 6.45) is 11.1. The summed E-state index contributed by atoms with van der Waals surface area (Å²) in [6.45, 7) is 4.34. The molecule has 0 heterocycles. The van der Waals surface area contributed by atoms with E-state index >= 15 is 0 Å². The van der Waals surface area contributed by atoms with Gasteiger partial charge in [0.25, 0.3) is 0 Å². The van der Waals surface area contributed by atoms with E-state index in [1.807, 2.05) is 0 Å². The number of likely N-dealkylation sites (N-methyl/N-ethyl adjacent to an activating group) is 1. The summed E-state index contributed by atoms with van der Waals surface area (Å²) in [5.41, 5.74) is 0. The van der Waals surface area contributed by atoms with E-state index in [9.17, 15) is 14.7 Å². The Bertz CT molecular complexity index is 395. The summed E-state index contributed by atoms with van der Waals surface area (Å²) in [7, 11) is 6.22. The largest absolute Gasteiger partial charge is 0.548 e. The van der Waals surface area contributed by atoms with Crippen LogP contribution in [0.5, 0.6) is 0 Å². The van der Waals surface area contributed by atoms with E-state index in [-0.39, 0.29) is 5.91 Å². The second kappa shape index (κ2) is 15.9. The lowest BCUT2D eigenvalue weighted by Gasteiger charge is -2.26. The monoisotopic (exact) mass is 385 g/mol. The maximum atomic E-state index is 11.8. The van der Waals surface area contributed by atoms with Gasteiger partial charge in [-0.1, -0.05) is 45.4 Å². The van der Waals surface area contributed by atoms with Gasteiger partial charge < -0.3 is 25.0 Å². The van der Waals surface area contributed by atoms with Gasteiger partial charge in [0.1, 0.15) is 0 Å². The van der Waals surface area contributed by atoms with E-state index in [4.69, 9.17) is 0 Å². The molecule has 0 aromatic heterocycles. The summed E-state index contributed by atoms with van der Waals surface area (Å²) < 4.78 is 0.789. The standard InChI is InChI=1S/C21H43N3O3/c1-5-6-7-8-9-10-11-15-20(25)23-16-13-12-14-19(21(26)27)22-17-18-24(2,3)4/h19,22H,5-18H2,1-4H3,(H-,23,25,26,27)/t19-/m0/s1. The maximum Gasteiger partial charge on any atom is 0.219 e. The first-order chi connectivity index (χ1) is 12.8. The fourth-order valence-corrected chi connectivity index (χ4v) is 2.91. The van der Waals surface area contributed by atoms with E-state index in [1.54, 1.807) is 0 Å². The van der Waals surface area contributed by atoms with Crippen LogP contribution < -0.4 is 15.7 Å². The Labute approximate surface area is 166 Å². The molecular formula is C21H43N3O3. The van der Waals surface area contributed by atoms with E-state index in [2.05, 4.69) is 38.7 Å². The molecule has 0 aliphatic heterocycles. The van der Waals surface area contributed by atoms with Gasteiger partial charge >= 0.3 is 0 Å². The summed E-state index contributed by atoms with van der Waals surface area (Å²) in [4.78, 5) is 23.0. The Balaban J connectivity index is 3.65. The van der Waals surface area contributed by atoms with Crippen molar-refractivity contribution in [1.29, 1.82) is 0 Å². The van der Waals surface area contributed by atoms with Crippen LogP contribution in [0.3, 0.4) is 0 Å². The van der Waals surface area contributed by atoms with E-state index < -0.39 is 12.0 Å². The number of unbranched alkanes of at least 4 members (excludes halogenated alkanes) is 7. The average molecular weight is 386 g/mol. The van der Waals surface area contributed by atoms with Crippen LogP contribution in [0.1, 0.15) is 77.6 Å². The predicted octanol–water partition coefficient (Wildman–Crippen LogP) is 1.83. The van der Waals surface area contributed by atoms with Crippen molar-refractivity contribution in [3.8, 4) is 0 Å². The van der Waals surface area contributed by atoms with Crippen LogP contribution in [0.15, 0.2) is 0 Å². The molecule has 0 bridgehead atoms. The molecule has 0 fully saturated rings. The zero-order valence-electron chi connectivity index (χ0n) is 18.1. The minimum atomic E-state index is -1.04. The molecule has 0 saturated carbocycles. The smallest absolute Gasteiger partial charge is 0.219 e. The number of carbonyl (C=O) groups excluding carboxylic acids is 2. The zero-order chi connectivity index (χ0) is 20.5. The molecule has 0 aliphatic rings. The first kappa shape index (κ1) is 25.9. The number of carbonyl (C=O) groups is 2. The van der Waals surface area contributed by atoms with E-state index in [0.717, 1.165) is 36.7 Å². The van der Waals surface area contributed by atoms with Crippen molar-refractivity contribution in [1.82, 2.24) is 10.6 Å². The first-order valence-electron chi connectivity index (χ1n) is 10.8. The van der Waals surface area contributed by atoms with E-state index in [1.165, 1.54) is 32.1 Å². The lowest BCUT2D eigenvalue weighted by Crippen LogP contribution is -2.49. The molecule has 6 heteroatoms. The van der Waals surface area contributed by atoms with Crippen LogP contribution in [-0.2, 0) is 9.59 Å². The van der Waals surface area contributed by atoms with Crippen molar-refractivity contribution in [3.05, 3.63) is 0 Å². The van der Waals surface area contributed by atoms with Crippen molar-refractivity contribution in [3.63, 3.8) is 0 Å². The highest BCUT2D eigenvalue weighted by atomic mass is 16.4. The van der Waals surface area contributed by atoms with E-state index in [0.29, 0.717) is 25.9 Å². The van der Waals surface area contributed by atoms with Gasteiger partial charge in [0, 0.05) is 25.6 Å². The highest BCUT2D eigenvalue weighted by molar-refractivity contribution is 5.75. The minimum Gasteiger partial charge on any atom is -0.548 e. The average Bonchev–Trinajstić information content (AvgIpc) is 2.58. The number of nitrogens with one attached hydrogen (secondary N) is 2. The number of rotatable bonds is 18. The molecule has 6 nitrogen and oxygen atoms in total. The number of quaternary nitrogens is 1. The Hall–Kier alpha value is -1.14. The van der Waals surface area contributed by atoms with Crippen molar-refractivity contribution in [2.75, 3.05) is 40.8 Å². The van der Waals surface area contributed by atoms with Crippen molar-refractivity contribution in [2.45, 2.75) is 83.6 Å². The predicted molar refractivity (Wildman–Crippen MR) is 109 cm³/mol. The van der Waals surface area contributed by atoms with Crippen LogP contribution in [-0.4, -0.2) is 63.2 Å². The lowest BCUT2D eigenvalue weighted by atomic mass is 10.1. The zero-order valence-corrected chi connectivity index (χ0v) is 18.1. The second-order valence-corrected chi connectivity index (χ2v) is 8.56. The highest BCUT2D eigenvalue weighted by Gasteiger charge is 2.12. The topological polar surface area (TPSA) is 81.3 Å². The maximum absolute atomic E-state index is 11.8. The van der Waals surface area contributed by atoms with Gasteiger partial charge in [-0.05, 0) is 25.7 Å². The molecule has 0 saturated heterocycles. The number of nitrogens with zero attached hydrogens (tertiary/aromatic N) is 1. The Morgan fingerprint density at radius 3 is 2.11 bits per heavy atom. The molecule has 27 heavy (non-hydrogen) atoms. The van der Waals surface area contributed by atoms with Crippen LogP contribution >= 0.6 is 0 Å². The molecule has 0 radical (unpaired) electrons. The molecule has 0 aromatic rings. The van der Waals surface area contributed by atoms with Crippen LogP contribution in [0.4, 0.5) is 0 Å². The Kier molecular flexibility index (Phi) is 15.2. The van der Waals surface area contributed by atoms with Crippen LogP contribution in [0.2, 0.25) is 0 Å². The van der Waals surface area contributed by atoms with Gasteiger partial charge in [-0.15, -0.1) is 0 Å². The third-order valence-electron chi connectivity index (χ3n) is 4.71. The number of hydrogen-bond acceptors (Lipinski definition) is 4. The fraction of sp³-hybridized carbons (Fsp3) is 0.905. The second-order valence-electron chi connectivity index (χ2n) is 8.56. The molecular weight excluding hydrogens is 342 g/mol. The third kappa shape index (κ3) is 18.0. The number of aliphatic carboxylic acids is 1. The van der Waals surface area contributed by atoms with Crippen molar-refractivity contribution < 1.29 is 19.2 Å². The van der Waals surface area contributed by atoms with Gasteiger partial charge in [-0.3, -0.25) is 4.79 Å². The molecule has 0 unspecified atom stereocenters. The molecule has 0 rings (SSSR count). The van der Waals surface area contributed by atoms with Gasteiger partial charge in [0.2, 0.25) is 5.91 Å². The van der Waals surface area contributed by atoms with Crippen molar-refractivity contribution >= 4 is 11.9 Å². The summed E-state index contributed by atoms with van der Waals surface area (Å²) in [6, 6.07) is -0.611. The quantitative estimate of drug-likeness (QED) is 0.279. The fourth-order valence-electron chi connectivity index (χ4n) is 2.91. The number of carboxylic acids is 1. The molecule has 0 spiro atoms. The van der Waals surface area contributed by atoms with Crippen molar-refractivity contribution in [2.24, 2.45) is 0 Å². The first-order valence-corrected chi connectivity index (χ1v) is 10.8. The molecule has 2 N–H and O–H groups in total. The summed E-state index contributed by atoms with van der Waals surface area (Å²) in [5.74, 6) is -0.930. The highest BCUT2D eigenvalue weighted by Crippen LogP contribution is 2.08. The SMILES string of the molecule is CCCCCCCCCC(=O)NCCCC[C@H](NCC[N+](C)(C)C)C(=O)[O-]. The number of hydrogen-bond donors (Lipinski definition) is 2. The number of amides is 1. The lowest BCUT2D eigenvalue weighted by molar-refractivity contribution is -0.869. The van der Waals surface area contributed by atoms with Crippen LogP contribution in [0.25, 0.3) is 0 Å². The van der Waals surface area contributed by atoms with Gasteiger partial charge in [0.15, 0.2) is 0 Å². The summed E-state index contributed by atoms with van der Waals surface area (Å²) in [5, 5.41) is 17.2. The summed E-state index contributed by atoms with van der Waals surface area (Å²) >= 11 is 0. The van der Waals surface area contributed by atoms with Gasteiger partial charge in [-0.25, -0.2) is 0 Å². The molecule has 0 aromatic carbocycles. The molecule has 1 atom stereocenters. The van der Waals surface area contributed by atoms with Gasteiger partial charge in [-0.2, -0.15) is 0 Å². The number of carboxylic acid groups (broad SMARTS) is 1. The molecule has 160 valence electrons. The molecule has 1 amide bonds. The third-order valence-corrected chi connectivity index (χ3v) is 4.71. The minimum absolute atomic E-state index is 0.112.